The number of halogens is 3. The van der Waals surface area contributed by atoms with E-state index in [1.807, 2.05) is 0 Å². The summed E-state index contributed by atoms with van der Waals surface area (Å²) >= 11 is 12.5. The summed E-state index contributed by atoms with van der Waals surface area (Å²) in [6.45, 7) is 0. The molecule has 20 heavy (non-hydrogen) atoms. The zero-order valence-electron chi connectivity index (χ0n) is 11.4. The predicted octanol–water partition coefficient (Wildman–Crippen LogP) is 5.58. The van der Waals surface area contributed by atoms with Crippen LogP contribution in [0.25, 0.3) is 0 Å². The fraction of sp³-hybridized carbons (Fsp3) is 0.625. The average molecular weight is 317 g/mol. The van der Waals surface area contributed by atoms with E-state index in [4.69, 9.17) is 27.9 Å². The highest BCUT2D eigenvalue weighted by molar-refractivity contribution is 6.32. The molecule has 3 rings (SSSR count). The van der Waals surface area contributed by atoms with Gasteiger partial charge in [0.05, 0.1) is 5.02 Å². The molecule has 2 aliphatic carbocycles. The molecule has 2 atom stereocenters. The van der Waals surface area contributed by atoms with Gasteiger partial charge in [-0.2, -0.15) is 0 Å². The van der Waals surface area contributed by atoms with Crippen LogP contribution >= 0.6 is 23.2 Å². The molecule has 4 heteroatoms. The minimum absolute atomic E-state index is 0.00231. The first-order chi connectivity index (χ1) is 9.63. The minimum Gasteiger partial charge on any atom is -0.485 e. The van der Waals surface area contributed by atoms with Gasteiger partial charge in [0.1, 0.15) is 6.10 Å². The summed E-state index contributed by atoms with van der Waals surface area (Å²) in [4.78, 5) is 0. The van der Waals surface area contributed by atoms with Crippen LogP contribution in [-0.2, 0) is 0 Å². The first kappa shape index (κ1) is 14.5. The van der Waals surface area contributed by atoms with E-state index in [0.717, 1.165) is 19.3 Å². The van der Waals surface area contributed by atoms with Gasteiger partial charge in [0, 0.05) is 17.2 Å². The van der Waals surface area contributed by atoms with Crippen molar-refractivity contribution >= 4 is 23.2 Å². The molecular weight excluding hydrogens is 298 g/mol. The quantitative estimate of drug-likeness (QED) is 0.647. The summed E-state index contributed by atoms with van der Waals surface area (Å²) in [6.07, 6.45) is 7.85. The maximum atomic E-state index is 13.9. The molecule has 1 spiro atoms. The second kappa shape index (κ2) is 5.73. The molecular formula is C16H19Cl2FO. The fourth-order valence-corrected chi connectivity index (χ4v) is 4.35. The van der Waals surface area contributed by atoms with E-state index >= 15 is 0 Å². The molecule has 1 nitrogen and oxygen atoms in total. The maximum Gasteiger partial charge on any atom is 0.173 e. The first-order valence-electron chi connectivity index (χ1n) is 7.38. The SMILES string of the molecule is Fc1cccc(Cl)c1OC1CC(Cl)C12CCCCCC2. The van der Waals surface area contributed by atoms with E-state index in [-0.39, 0.29) is 28.5 Å². The van der Waals surface area contributed by atoms with Gasteiger partial charge in [0.25, 0.3) is 0 Å². The lowest BCUT2D eigenvalue weighted by Crippen LogP contribution is -2.57. The molecule has 1 aromatic rings. The lowest BCUT2D eigenvalue weighted by Gasteiger charge is -2.53. The summed E-state index contributed by atoms with van der Waals surface area (Å²) in [6, 6.07) is 4.64. The Morgan fingerprint density at radius 2 is 1.85 bits per heavy atom. The maximum absolute atomic E-state index is 13.9. The smallest absolute Gasteiger partial charge is 0.173 e. The fourth-order valence-electron chi connectivity index (χ4n) is 3.62. The Morgan fingerprint density at radius 3 is 2.45 bits per heavy atom. The van der Waals surface area contributed by atoms with Crippen molar-refractivity contribution in [3.8, 4) is 5.75 Å². The third kappa shape index (κ3) is 2.42. The highest BCUT2D eigenvalue weighted by Gasteiger charge is 2.55. The van der Waals surface area contributed by atoms with Crippen molar-refractivity contribution in [3.63, 3.8) is 0 Å². The van der Waals surface area contributed by atoms with Crippen LogP contribution in [0.4, 0.5) is 4.39 Å². The Balaban J connectivity index is 1.80. The van der Waals surface area contributed by atoms with E-state index in [0.29, 0.717) is 5.02 Å². The van der Waals surface area contributed by atoms with E-state index in [1.165, 1.54) is 31.7 Å². The van der Waals surface area contributed by atoms with E-state index in [1.54, 1.807) is 12.1 Å². The first-order valence-corrected chi connectivity index (χ1v) is 8.20. The molecule has 0 bridgehead atoms. The zero-order chi connectivity index (χ0) is 14.2. The number of benzene rings is 1. The minimum atomic E-state index is -0.390. The molecule has 2 saturated carbocycles. The molecule has 2 fully saturated rings. The van der Waals surface area contributed by atoms with Gasteiger partial charge in [-0.1, -0.05) is 43.4 Å². The van der Waals surface area contributed by atoms with Crippen LogP contribution in [0, 0.1) is 11.2 Å². The van der Waals surface area contributed by atoms with Gasteiger partial charge in [-0.3, -0.25) is 0 Å². The van der Waals surface area contributed by atoms with Crippen molar-refractivity contribution in [1.29, 1.82) is 0 Å². The van der Waals surface area contributed by atoms with Crippen LogP contribution in [0.3, 0.4) is 0 Å². The molecule has 0 radical (unpaired) electrons. The molecule has 2 aliphatic rings. The van der Waals surface area contributed by atoms with Crippen molar-refractivity contribution in [1.82, 2.24) is 0 Å². The molecule has 2 unspecified atom stereocenters. The van der Waals surface area contributed by atoms with Crippen LogP contribution in [0.2, 0.25) is 5.02 Å². The summed E-state index contributed by atoms with van der Waals surface area (Å²) in [5, 5.41) is 0.489. The number of hydrogen-bond acceptors (Lipinski definition) is 1. The Bertz CT molecular complexity index is 463. The number of rotatable bonds is 2. The molecule has 0 N–H and O–H groups in total. The third-order valence-corrected chi connectivity index (χ3v) is 5.81. The highest BCUT2D eigenvalue weighted by atomic mass is 35.5. The van der Waals surface area contributed by atoms with Crippen LogP contribution in [0.1, 0.15) is 44.9 Å². The number of alkyl halides is 1. The second-order valence-electron chi connectivity index (χ2n) is 6.01. The van der Waals surface area contributed by atoms with Crippen molar-refractivity contribution in [2.45, 2.75) is 56.4 Å². The molecule has 0 aromatic heterocycles. The third-order valence-electron chi connectivity index (χ3n) is 4.90. The van der Waals surface area contributed by atoms with Gasteiger partial charge in [-0.05, 0) is 25.0 Å². The Hall–Kier alpha value is -0.470. The van der Waals surface area contributed by atoms with Crippen LogP contribution in [0.15, 0.2) is 18.2 Å². The van der Waals surface area contributed by atoms with Crippen molar-refractivity contribution < 1.29 is 9.13 Å². The van der Waals surface area contributed by atoms with Crippen LogP contribution < -0.4 is 4.74 Å². The molecule has 0 heterocycles. The van der Waals surface area contributed by atoms with Crippen molar-refractivity contribution in [2.75, 3.05) is 0 Å². The van der Waals surface area contributed by atoms with Crippen molar-refractivity contribution in [2.24, 2.45) is 5.41 Å². The number of para-hydroxylation sites is 1. The Labute approximate surface area is 129 Å². The van der Waals surface area contributed by atoms with Crippen LogP contribution in [0.5, 0.6) is 5.75 Å². The van der Waals surface area contributed by atoms with Gasteiger partial charge in [-0.25, -0.2) is 4.39 Å². The number of ether oxygens (including phenoxy) is 1. The summed E-state index contributed by atoms with van der Waals surface area (Å²) < 4.78 is 19.8. The molecule has 0 saturated heterocycles. The van der Waals surface area contributed by atoms with Gasteiger partial charge in [-0.15, -0.1) is 11.6 Å². The summed E-state index contributed by atoms with van der Waals surface area (Å²) in [5.74, 6) is -0.203. The van der Waals surface area contributed by atoms with Crippen molar-refractivity contribution in [3.05, 3.63) is 29.0 Å². The Morgan fingerprint density at radius 1 is 1.15 bits per heavy atom. The predicted molar refractivity (Wildman–Crippen MR) is 80.2 cm³/mol. The second-order valence-corrected chi connectivity index (χ2v) is 6.94. The normalized spacial score (nSPS) is 28.8. The van der Waals surface area contributed by atoms with Gasteiger partial charge < -0.3 is 4.74 Å². The Kier molecular flexibility index (Phi) is 4.14. The van der Waals surface area contributed by atoms with Gasteiger partial charge in [0.15, 0.2) is 11.6 Å². The van der Waals surface area contributed by atoms with Gasteiger partial charge in [0.2, 0.25) is 0 Å². The van der Waals surface area contributed by atoms with Gasteiger partial charge >= 0.3 is 0 Å². The largest absolute Gasteiger partial charge is 0.485 e. The van der Waals surface area contributed by atoms with E-state index in [9.17, 15) is 4.39 Å². The summed E-state index contributed by atoms with van der Waals surface area (Å²) in [7, 11) is 0. The highest BCUT2D eigenvalue weighted by Crippen LogP contribution is 2.55. The lowest BCUT2D eigenvalue weighted by atomic mass is 9.61. The average Bonchev–Trinajstić information content (AvgIpc) is 2.69. The topological polar surface area (TPSA) is 9.23 Å². The number of hydrogen-bond donors (Lipinski definition) is 0. The molecule has 110 valence electrons. The van der Waals surface area contributed by atoms with Crippen LogP contribution in [-0.4, -0.2) is 11.5 Å². The molecule has 0 amide bonds. The molecule has 1 aromatic carbocycles. The standard InChI is InChI=1S/C16H19Cl2FO/c17-11-6-5-7-12(19)15(11)20-14-10-13(18)16(14)8-3-1-2-4-9-16/h5-7,13-14H,1-4,8-10H2. The summed E-state index contributed by atoms with van der Waals surface area (Å²) in [5.41, 5.74) is 0.0175. The van der Waals surface area contributed by atoms with E-state index < -0.39 is 0 Å². The monoisotopic (exact) mass is 316 g/mol. The molecule has 0 aliphatic heterocycles. The zero-order valence-corrected chi connectivity index (χ0v) is 12.9. The lowest BCUT2D eigenvalue weighted by molar-refractivity contribution is -0.0529. The van der Waals surface area contributed by atoms with E-state index in [2.05, 4.69) is 0 Å².